The number of nitrogens with one attached hydrogen (secondary N) is 1. The van der Waals surface area contributed by atoms with Crippen molar-refractivity contribution in [3.8, 4) is 0 Å². The summed E-state index contributed by atoms with van der Waals surface area (Å²) in [6.07, 6.45) is -4.32. The maximum Gasteiger partial charge on any atom is 0.416 e. The van der Waals surface area contributed by atoms with Gasteiger partial charge in [-0.25, -0.2) is 4.72 Å². The molecule has 0 heterocycles. The normalized spacial score (nSPS) is 11.8. The van der Waals surface area contributed by atoms with Crippen LogP contribution in [0, 0.1) is 6.92 Å². The molecule has 0 saturated heterocycles. The molecule has 6 heteroatoms. The molecule has 0 amide bonds. The largest absolute Gasteiger partial charge is 0.416 e. The van der Waals surface area contributed by atoms with Crippen molar-refractivity contribution < 1.29 is 13.2 Å². The van der Waals surface area contributed by atoms with E-state index in [1.54, 1.807) is 13.0 Å². The molecule has 0 aliphatic heterocycles. The fourth-order valence-electron chi connectivity index (χ4n) is 1.23. The van der Waals surface area contributed by atoms with Crippen molar-refractivity contribution in [1.29, 1.82) is 0 Å². The van der Waals surface area contributed by atoms with Crippen molar-refractivity contribution in [2.45, 2.75) is 19.6 Å². The Kier molecular flexibility index (Phi) is 4.01. The summed E-state index contributed by atoms with van der Waals surface area (Å²) in [5.74, 6) is 0. The summed E-state index contributed by atoms with van der Waals surface area (Å²) in [6, 6.07) is 4.24. The summed E-state index contributed by atoms with van der Waals surface area (Å²) < 4.78 is 40.4. The molecule has 0 aromatic heterocycles. The van der Waals surface area contributed by atoms with Gasteiger partial charge in [-0.1, -0.05) is 17.7 Å². The summed E-state index contributed by atoms with van der Waals surface area (Å²) in [4.78, 5) is 0. The molecule has 15 heavy (non-hydrogen) atoms. The highest BCUT2D eigenvalue weighted by atomic mass is 32.2. The Morgan fingerprint density at radius 2 is 2.07 bits per heavy atom. The van der Waals surface area contributed by atoms with E-state index in [2.05, 4.69) is 4.72 Å². The number of benzene rings is 1. The molecule has 0 saturated carbocycles. The molecule has 0 atom stereocenters. The number of nitrogens with two attached hydrogens (primary N) is 1. The average Bonchev–Trinajstić information content (AvgIpc) is 2.14. The van der Waals surface area contributed by atoms with E-state index in [-0.39, 0.29) is 12.1 Å². The predicted octanol–water partition coefficient (Wildman–Crippen LogP) is 2.63. The Balaban J connectivity index is 3.04. The lowest BCUT2D eigenvalue weighted by Gasteiger charge is -2.13. The lowest BCUT2D eigenvalue weighted by molar-refractivity contribution is -0.138. The van der Waals surface area contributed by atoms with Crippen LogP contribution < -0.4 is 9.86 Å². The molecule has 0 unspecified atom stereocenters. The third-order valence-electron chi connectivity index (χ3n) is 1.92. The van der Waals surface area contributed by atoms with Crippen LogP contribution in [0.2, 0.25) is 0 Å². The van der Waals surface area contributed by atoms with Crippen LogP contribution in [0.25, 0.3) is 0 Å². The van der Waals surface area contributed by atoms with Gasteiger partial charge in [-0.3, -0.25) is 5.14 Å². The first kappa shape index (κ1) is 12.4. The molecule has 3 N–H and O–H groups in total. The quantitative estimate of drug-likeness (QED) is 0.792. The molecular formula is C9H11F3N2S. The van der Waals surface area contributed by atoms with Crippen molar-refractivity contribution in [2.75, 3.05) is 0 Å². The minimum Gasteiger partial charge on any atom is -0.264 e. The number of aryl methyl sites for hydroxylation is 1. The van der Waals surface area contributed by atoms with Crippen LogP contribution in [-0.2, 0) is 12.7 Å². The zero-order valence-electron chi connectivity index (χ0n) is 8.06. The number of hydrogen-bond acceptors (Lipinski definition) is 3. The van der Waals surface area contributed by atoms with Crippen molar-refractivity contribution in [1.82, 2.24) is 4.72 Å². The van der Waals surface area contributed by atoms with E-state index in [9.17, 15) is 13.2 Å². The van der Waals surface area contributed by atoms with E-state index in [1.165, 1.54) is 6.07 Å². The minimum atomic E-state index is -4.32. The highest BCUT2D eigenvalue weighted by molar-refractivity contribution is 7.95. The van der Waals surface area contributed by atoms with Gasteiger partial charge in [0, 0.05) is 18.7 Å². The second-order valence-corrected chi connectivity index (χ2v) is 3.62. The molecule has 0 spiro atoms. The van der Waals surface area contributed by atoms with E-state index in [1.807, 2.05) is 0 Å². The summed E-state index contributed by atoms with van der Waals surface area (Å²) in [6.45, 7) is 1.72. The fraction of sp³-hybridized carbons (Fsp3) is 0.333. The molecule has 2 nitrogen and oxygen atoms in total. The lowest BCUT2D eigenvalue weighted by atomic mass is 10.0. The Morgan fingerprint density at radius 3 is 2.60 bits per heavy atom. The van der Waals surface area contributed by atoms with Gasteiger partial charge in [-0.2, -0.15) is 13.2 Å². The molecule has 0 fully saturated rings. The van der Waals surface area contributed by atoms with Gasteiger partial charge in [0.25, 0.3) is 0 Å². The number of rotatable bonds is 3. The fourth-order valence-corrected chi connectivity index (χ4v) is 1.47. The van der Waals surface area contributed by atoms with Crippen LogP contribution in [-0.4, -0.2) is 0 Å². The monoisotopic (exact) mass is 236 g/mol. The molecule has 0 aliphatic carbocycles. The van der Waals surface area contributed by atoms with Crippen molar-refractivity contribution in [3.63, 3.8) is 0 Å². The van der Waals surface area contributed by atoms with E-state index in [0.717, 1.165) is 18.2 Å². The molecule has 0 radical (unpaired) electrons. The van der Waals surface area contributed by atoms with Gasteiger partial charge in [0.05, 0.1) is 5.56 Å². The SMILES string of the molecule is Cc1ccc(CNSN)c(C(F)(F)F)c1. The van der Waals surface area contributed by atoms with Crippen molar-refractivity contribution in [2.24, 2.45) is 5.14 Å². The molecule has 1 aromatic carbocycles. The zero-order valence-corrected chi connectivity index (χ0v) is 8.88. The number of hydrogen-bond donors (Lipinski definition) is 2. The first-order chi connectivity index (χ1) is 6.95. The zero-order chi connectivity index (χ0) is 11.5. The maximum absolute atomic E-state index is 12.6. The summed E-state index contributed by atoms with van der Waals surface area (Å²) in [5.41, 5.74) is 0.182. The molecule has 0 bridgehead atoms. The van der Waals surface area contributed by atoms with E-state index < -0.39 is 11.7 Å². The van der Waals surface area contributed by atoms with Crippen LogP contribution in [0.4, 0.5) is 13.2 Å². The van der Waals surface area contributed by atoms with Gasteiger partial charge in [-0.05, 0) is 18.6 Å². The van der Waals surface area contributed by atoms with E-state index in [4.69, 9.17) is 5.14 Å². The second-order valence-electron chi connectivity index (χ2n) is 3.10. The van der Waals surface area contributed by atoms with Crippen molar-refractivity contribution >= 4 is 12.1 Å². The van der Waals surface area contributed by atoms with Gasteiger partial charge in [0.2, 0.25) is 0 Å². The Morgan fingerprint density at radius 1 is 1.40 bits per heavy atom. The molecular weight excluding hydrogens is 225 g/mol. The first-order valence-electron chi connectivity index (χ1n) is 4.20. The smallest absolute Gasteiger partial charge is 0.264 e. The van der Waals surface area contributed by atoms with Crippen molar-refractivity contribution in [3.05, 3.63) is 34.9 Å². The minimum absolute atomic E-state index is 0.0935. The predicted molar refractivity (Wildman–Crippen MR) is 54.8 cm³/mol. The maximum atomic E-state index is 12.6. The topological polar surface area (TPSA) is 38.0 Å². The van der Waals surface area contributed by atoms with Gasteiger partial charge in [0.1, 0.15) is 0 Å². The van der Waals surface area contributed by atoms with E-state index in [0.29, 0.717) is 5.56 Å². The second kappa shape index (κ2) is 4.87. The molecule has 84 valence electrons. The number of halogens is 3. The highest BCUT2D eigenvalue weighted by Gasteiger charge is 2.33. The summed E-state index contributed by atoms with van der Waals surface area (Å²) in [5, 5.41) is 5.09. The molecule has 0 aliphatic rings. The van der Waals surface area contributed by atoms with Crippen LogP contribution >= 0.6 is 12.1 Å². The van der Waals surface area contributed by atoms with Crippen LogP contribution in [0.15, 0.2) is 18.2 Å². The lowest BCUT2D eigenvalue weighted by Crippen LogP contribution is -2.14. The third-order valence-corrected chi connectivity index (χ3v) is 2.23. The molecule has 1 aromatic rings. The van der Waals surface area contributed by atoms with Crippen LogP contribution in [0.5, 0.6) is 0 Å². The van der Waals surface area contributed by atoms with Gasteiger partial charge in [0.15, 0.2) is 0 Å². The Bertz CT molecular complexity index is 339. The average molecular weight is 236 g/mol. The number of alkyl halides is 3. The van der Waals surface area contributed by atoms with Crippen LogP contribution in [0.3, 0.4) is 0 Å². The van der Waals surface area contributed by atoms with Gasteiger partial charge in [-0.15, -0.1) is 0 Å². The molecule has 1 rings (SSSR count). The first-order valence-corrected chi connectivity index (χ1v) is 5.08. The van der Waals surface area contributed by atoms with Crippen LogP contribution in [0.1, 0.15) is 16.7 Å². The van der Waals surface area contributed by atoms with Gasteiger partial charge >= 0.3 is 6.18 Å². The van der Waals surface area contributed by atoms with Gasteiger partial charge < -0.3 is 0 Å². The Hall–Kier alpha value is -0.720. The third kappa shape index (κ3) is 3.40. The standard InChI is InChI=1S/C9H11F3N2S/c1-6-2-3-7(5-14-15-13)8(4-6)9(10,11)12/h2-4,14H,5,13H2,1H3. The summed E-state index contributed by atoms with van der Waals surface area (Å²) in [7, 11) is 0. The summed E-state index contributed by atoms with van der Waals surface area (Å²) >= 11 is 0.803. The Labute approximate surface area is 90.3 Å². The highest BCUT2D eigenvalue weighted by Crippen LogP contribution is 2.32. The van der Waals surface area contributed by atoms with E-state index >= 15 is 0 Å².